The molecule has 2 atom stereocenters. The van der Waals surface area contributed by atoms with E-state index in [1.807, 2.05) is 30.3 Å². The topological polar surface area (TPSA) is 97.6 Å². The van der Waals surface area contributed by atoms with Crippen molar-refractivity contribution in [2.24, 2.45) is 0 Å². The van der Waals surface area contributed by atoms with Crippen LogP contribution in [-0.2, 0) is 20.9 Å². The number of carbonyl (C=O) groups is 3. The molecule has 2 N–H and O–H groups in total. The Morgan fingerprint density at radius 1 is 1.08 bits per heavy atom. The van der Waals surface area contributed by atoms with Crippen molar-refractivity contribution >= 4 is 17.8 Å². The number of rotatable bonds is 7. The Kier molecular flexibility index (Phi) is 6.33. The number of amides is 2. The Morgan fingerprint density at radius 3 is 2.44 bits per heavy atom. The zero-order chi connectivity index (χ0) is 18.2. The van der Waals surface area contributed by atoms with E-state index in [0.717, 1.165) is 5.56 Å². The zero-order valence-corrected chi connectivity index (χ0v) is 14.0. The lowest BCUT2D eigenvalue weighted by Crippen LogP contribution is -2.43. The second-order valence-corrected chi connectivity index (χ2v) is 5.45. The largest absolute Gasteiger partial charge is 0.459 e. The molecule has 0 unspecified atom stereocenters. The second kappa shape index (κ2) is 8.68. The number of carbonyl (C=O) groups excluding carboxylic acids is 3. The molecule has 0 bridgehead atoms. The standard InChI is InChI=1S/C18H20N2O5/c1-12(20-17(22)15-9-6-10-24-15)18(23)25-13(2)16(21)19-11-14-7-4-3-5-8-14/h3-10,12-13H,11H2,1-2H3,(H,19,21)(H,20,22)/t12-,13+/m1/s1. The van der Waals surface area contributed by atoms with Crippen LogP contribution in [0.2, 0.25) is 0 Å². The van der Waals surface area contributed by atoms with Crippen molar-refractivity contribution in [3.63, 3.8) is 0 Å². The van der Waals surface area contributed by atoms with E-state index in [0.29, 0.717) is 6.54 Å². The van der Waals surface area contributed by atoms with Gasteiger partial charge in [-0.3, -0.25) is 9.59 Å². The lowest BCUT2D eigenvalue weighted by molar-refractivity contribution is -0.156. The van der Waals surface area contributed by atoms with Gasteiger partial charge in [-0.25, -0.2) is 4.79 Å². The molecule has 1 heterocycles. The Hall–Kier alpha value is -3.09. The van der Waals surface area contributed by atoms with E-state index in [-0.39, 0.29) is 5.76 Å². The average molecular weight is 344 g/mol. The van der Waals surface area contributed by atoms with Crippen LogP contribution in [0, 0.1) is 0 Å². The molecule has 0 saturated heterocycles. The quantitative estimate of drug-likeness (QED) is 0.744. The van der Waals surface area contributed by atoms with Crippen LogP contribution >= 0.6 is 0 Å². The highest BCUT2D eigenvalue weighted by molar-refractivity contribution is 5.94. The van der Waals surface area contributed by atoms with Crippen molar-refractivity contribution < 1.29 is 23.5 Å². The number of hydrogen-bond donors (Lipinski definition) is 2. The van der Waals surface area contributed by atoms with Crippen LogP contribution in [0.4, 0.5) is 0 Å². The monoisotopic (exact) mass is 344 g/mol. The molecular formula is C18H20N2O5. The molecule has 0 aliphatic carbocycles. The molecule has 2 amide bonds. The van der Waals surface area contributed by atoms with Crippen LogP contribution in [0.3, 0.4) is 0 Å². The van der Waals surface area contributed by atoms with Crippen molar-refractivity contribution in [1.29, 1.82) is 0 Å². The molecule has 25 heavy (non-hydrogen) atoms. The number of hydrogen-bond acceptors (Lipinski definition) is 5. The second-order valence-electron chi connectivity index (χ2n) is 5.45. The number of furan rings is 1. The molecule has 0 fully saturated rings. The molecule has 0 saturated carbocycles. The van der Waals surface area contributed by atoms with E-state index in [1.54, 1.807) is 6.07 Å². The normalized spacial score (nSPS) is 12.7. The number of esters is 1. The number of ether oxygens (including phenoxy) is 1. The summed E-state index contributed by atoms with van der Waals surface area (Å²) in [7, 11) is 0. The van der Waals surface area contributed by atoms with E-state index >= 15 is 0 Å². The minimum absolute atomic E-state index is 0.0910. The fourth-order valence-corrected chi connectivity index (χ4v) is 1.99. The molecule has 132 valence electrons. The fraction of sp³-hybridized carbons (Fsp3) is 0.278. The van der Waals surface area contributed by atoms with E-state index < -0.39 is 29.9 Å². The smallest absolute Gasteiger partial charge is 0.329 e. The predicted molar refractivity (Wildman–Crippen MR) is 89.5 cm³/mol. The van der Waals surface area contributed by atoms with Crippen molar-refractivity contribution in [2.45, 2.75) is 32.5 Å². The number of benzene rings is 1. The van der Waals surface area contributed by atoms with Crippen molar-refractivity contribution in [3.8, 4) is 0 Å². The summed E-state index contributed by atoms with van der Waals surface area (Å²) in [6.45, 7) is 3.28. The van der Waals surface area contributed by atoms with Gasteiger partial charge in [-0.05, 0) is 31.5 Å². The molecule has 0 aliphatic rings. The first-order chi connectivity index (χ1) is 12.0. The highest BCUT2D eigenvalue weighted by atomic mass is 16.5. The summed E-state index contributed by atoms with van der Waals surface area (Å²) >= 11 is 0. The first kappa shape index (κ1) is 18.3. The van der Waals surface area contributed by atoms with Crippen LogP contribution in [0.5, 0.6) is 0 Å². The molecule has 0 radical (unpaired) electrons. The fourth-order valence-electron chi connectivity index (χ4n) is 1.99. The molecule has 0 aliphatic heterocycles. The number of nitrogens with one attached hydrogen (secondary N) is 2. The van der Waals surface area contributed by atoms with E-state index in [4.69, 9.17) is 9.15 Å². The maximum absolute atomic E-state index is 12.0. The van der Waals surface area contributed by atoms with Gasteiger partial charge < -0.3 is 19.8 Å². The van der Waals surface area contributed by atoms with Crippen molar-refractivity contribution in [3.05, 3.63) is 60.1 Å². The lowest BCUT2D eigenvalue weighted by atomic mass is 10.2. The summed E-state index contributed by atoms with van der Waals surface area (Å²) < 4.78 is 10.0. The van der Waals surface area contributed by atoms with Gasteiger partial charge in [-0.15, -0.1) is 0 Å². The van der Waals surface area contributed by atoms with E-state index in [9.17, 15) is 14.4 Å². The van der Waals surface area contributed by atoms with Crippen LogP contribution < -0.4 is 10.6 Å². The third kappa shape index (κ3) is 5.49. The minimum atomic E-state index is -0.973. The molecule has 7 nitrogen and oxygen atoms in total. The van der Waals surface area contributed by atoms with Gasteiger partial charge in [-0.2, -0.15) is 0 Å². The summed E-state index contributed by atoms with van der Waals surface area (Å²) in [4.78, 5) is 35.8. The minimum Gasteiger partial charge on any atom is -0.459 e. The highest BCUT2D eigenvalue weighted by Gasteiger charge is 2.24. The van der Waals surface area contributed by atoms with Gasteiger partial charge in [-0.1, -0.05) is 30.3 Å². The van der Waals surface area contributed by atoms with Gasteiger partial charge >= 0.3 is 5.97 Å². The highest BCUT2D eigenvalue weighted by Crippen LogP contribution is 2.03. The Balaban J connectivity index is 1.78. The van der Waals surface area contributed by atoms with Gasteiger partial charge in [0.1, 0.15) is 6.04 Å². The van der Waals surface area contributed by atoms with Crippen LogP contribution in [0.25, 0.3) is 0 Å². The first-order valence-corrected chi connectivity index (χ1v) is 7.84. The van der Waals surface area contributed by atoms with Crippen molar-refractivity contribution in [2.75, 3.05) is 0 Å². The van der Waals surface area contributed by atoms with Gasteiger partial charge in [0.2, 0.25) is 0 Å². The third-order valence-electron chi connectivity index (χ3n) is 3.42. The van der Waals surface area contributed by atoms with Gasteiger partial charge in [0.25, 0.3) is 11.8 Å². The Bertz CT molecular complexity index is 712. The summed E-state index contributed by atoms with van der Waals surface area (Å²) in [6.07, 6.45) is 0.385. The molecule has 2 rings (SSSR count). The SMILES string of the molecule is C[C@H](OC(=O)[C@@H](C)NC(=O)c1ccco1)C(=O)NCc1ccccc1. The molecule has 0 spiro atoms. The molecular weight excluding hydrogens is 324 g/mol. The first-order valence-electron chi connectivity index (χ1n) is 7.84. The van der Waals surface area contributed by atoms with Crippen LogP contribution in [0.1, 0.15) is 30.0 Å². The average Bonchev–Trinajstić information content (AvgIpc) is 3.15. The van der Waals surface area contributed by atoms with Gasteiger partial charge in [0.15, 0.2) is 11.9 Å². The molecule has 1 aromatic carbocycles. The predicted octanol–water partition coefficient (Wildman–Crippen LogP) is 1.65. The van der Waals surface area contributed by atoms with E-state index in [2.05, 4.69) is 10.6 Å². The molecule has 2 aromatic rings. The summed E-state index contributed by atoms with van der Waals surface area (Å²) in [5.74, 6) is -1.56. The molecule has 7 heteroatoms. The van der Waals surface area contributed by atoms with Gasteiger partial charge in [0, 0.05) is 6.54 Å². The van der Waals surface area contributed by atoms with E-state index in [1.165, 1.54) is 26.2 Å². The lowest BCUT2D eigenvalue weighted by Gasteiger charge is -2.17. The molecule has 1 aromatic heterocycles. The summed E-state index contributed by atoms with van der Waals surface area (Å²) in [5, 5.41) is 5.13. The van der Waals surface area contributed by atoms with Gasteiger partial charge in [0.05, 0.1) is 6.26 Å². The maximum Gasteiger partial charge on any atom is 0.329 e. The third-order valence-corrected chi connectivity index (χ3v) is 3.42. The van der Waals surface area contributed by atoms with Crippen LogP contribution in [-0.4, -0.2) is 29.9 Å². The Morgan fingerprint density at radius 2 is 1.80 bits per heavy atom. The Labute approximate surface area is 145 Å². The summed E-state index contributed by atoms with van der Waals surface area (Å²) in [5.41, 5.74) is 0.938. The maximum atomic E-state index is 12.0. The zero-order valence-electron chi connectivity index (χ0n) is 14.0. The van der Waals surface area contributed by atoms with Crippen molar-refractivity contribution in [1.82, 2.24) is 10.6 Å². The van der Waals surface area contributed by atoms with Crippen LogP contribution in [0.15, 0.2) is 53.1 Å². The summed E-state index contributed by atoms with van der Waals surface area (Å²) in [6, 6.07) is 11.5.